The van der Waals surface area contributed by atoms with Crippen LogP contribution >= 0.6 is 23.3 Å². The number of aliphatic carboxylic acids is 1. The molecule has 2 heterocycles. The van der Waals surface area contributed by atoms with Crippen molar-refractivity contribution in [3.63, 3.8) is 0 Å². The number of aryl methyl sites for hydroxylation is 1. The van der Waals surface area contributed by atoms with E-state index in [1.165, 1.54) is 11.5 Å². The lowest BCUT2D eigenvalue weighted by Gasteiger charge is -2.01. The minimum absolute atomic E-state index is 0.0330. The van der Waals surface area contributed by atoms with Crippen LogP contribution in [0.2, 0.25) is 0 Å². The Hall–Kier alpha value is -1.48. The molecular weight excluding hydrogens is 286 g/mol. The molecule has 0 saturated carbocycles. The summed E-state index contributed by atoms with van der Waals surface area (Å²) in [6.07, 6.45) is 1.83. The SMILES string of the molecule is CCCc1nnsc1-c1nnc(SCC(=O)O)n1C. The number of aromatic nitrogens is 5. The van der Waals surface area contributed by atoms with Gasteiger partial charge in [0.25, 0.3) is 0 Å². The molecule has 7 nitrogen and oxygen atoms in total. The van der Waals surface area contributed by atoms with Gasteiger partial charge < -0.3 is 9.67 Å². The lowest BCUT2D eigenvalue weighted by Crippen LogP contribution is -2.01. The molecule has 19 heavy (non-hydrogen) atoms. The molecule has 0 saturated heterocycles. The normalized spacial score (nSPS) is 10.8. The van der Waals surface area contributed by atoms with Gasteiger partial charge in [-0.3, -0.25) is 4.79 Å². The van der Waals surface area contributed by atoms with Gasteiger partial charge in [0.2, 0.25) is 0 Å². The van der Waals surface area contributed by atoms with Crippen LogP contribution in [-0.2, 0) is 18.3 Å². The van der Waals surface area contributed by atoms with E-state index in [-0.39, 0.29) is 5.75 Å². The van der Waals surface area contributed by atoms with E-state index in [1.54, 1.807) is 4.57 Å². The molecule has 2 aromatic rings. The van der Waals surface area contributed by atoms with E-state index in [1.807, 2.05) is 7.05 Å². The van der Waals surface area contributed by atoms with Crippen molar-refractivity contribution in [2.75, 3.05) is 5.75 Å². The molecule has 0 amide bonds. The van der Waals surface area contributed by atoms with Gasteiger partial charge in [0.05, 0.1) is 11.4 Å². The molecular formula is C10H13N5O2S2. The van der Waals surface area contributed by atoms with Crippen LogP contribution in [0.25, 0.3) is 10.7 Å². The van der Waals surface area contributed by atoms with E-state index in [0.717, 1.165) is 35.2 Å². The summed E-state index contributed by atoms with van der Waals surface area (Å²) in [5.74, 6) is -0.221. The summed E-state index contributed by atoms with van der Waals surface area (Å²) < 4.78 is 5.73. The number of carboxylic acid groups (broad SMARTS) is 1. The highest BCUT2D eigenvalue weighted by Gasteiger charge is 2.18. The topological polar surface area (TPSA) is 93.8 Å². The Kier molecular flexibility index (Phi) is 4.48. The highest BCUT2D eigenvalue weighted by molar-refractivity contribution is 7.99. The van der Waals surface area contributed by atoms with E-state index in [4.69, 9.17) is 5.11 Å². The van der Waals surface area contributed by atoms with E-state index in [2.05, 4.69) is 26.7 Å². The number of hydrogen-bond donors (Lipinski definition) is 1. The van der Waals surface area contributed by atoms with Crippen LogP contribution in [0, 0.1) is 0 Å². The smallest absolute Gasteiger partial charge is 0.313 e. The van der Waals surface area contributed by atoms with Gasteiger partial charge in [-0.1, -0.05) is 29.6 Å². The molecule has 0 aromatic carbocycles. The van der Waals surface area contributed by atoms with Crippen LogP contribution in [0.1, 0.15) is 19.0 Å². The first-order valence-corrected chi connectivity index (χ1v) is 7.45. The summed E-state index contributed by atoms with van der Waals surface area (Å²) >= 11 is 2.43. The summed E-state index contributed by atoms with van der Waals surface area (Å²) in [6.45, 7) is 2.08. The fourth-order valence-corrected chi connectivity index (χ4v) is 2.90. The van der Waals surface area contributed by atoms with Crippen LogP contribution in [0.3, 0.4) is 0 Å². The predicted octanol–water partition coefficient (Wildman–Crippen LogP) is 1.46. The van der Waals surface area contributed by atoms with E-state index >= 15 is 0 Å². The first-order valence-electron chi connectivity index (χ1n) is 5.69. The van der Waals surface area contributed by atoms with E-state index in [0.29, 0.717) is 11.0 Å². The summed E-state index contributed by atoms with van der Waals surface area (Å²) in [7, 11) is 1.81. The van der Waals surface area contributed by atoms with Crippen LogP contribution in [-0.4, -0.2) is 41.2 Å². The van der Waals surface area contributed by atoms with Crippen LogP contribution in [0.4, 0.5) is 0 Å². The summed E-state index contributed by atoms with van der Waals surface area (Å²) in [6, 6.07) is 0. The van der Waals surface area contributed by atoms with Gasteiger partial charge in [0, 0.05) is 7.05 Å². The van der Waals surface area contributed by atoms with Crippen LogP contribution in [0.15, 0.2) is 5.16 Å². The standard InChI is InChI=1S/C10H13N5O2S2/c1-3-4-6-8(19-14-11-6)9-12-13-10(15(9)2)18-5-7(16)17/h3-5H2,1-2H3,(H,16,17). The van der Waals surface area contributed by atoms with Crippen molar-refractivity contribution in [2.24, 2.45) is 7.05 Å². The van der Waals surface area contributed by atoms with Gasteiger partial charge in [0.15, 0.2) is 11.0 Å². The van der Waals surface area contributed by atoms with Crippen molar-refractivity contribution in [1.29, 1.82) is 0 Å². The van der Waals surface area contributed by atoms with Crippen molar-refractivity contribution in [1.82, 2.24) is 24.4 Å². The molecule has 0 spiro atoms. The second-order valence-corrected chi connectivity index (χ2v) is 5.54. The Morgan fingerprint density at radius 2 is 2.21 bits per heavy atom. The molecule has 9 heteroatoms. The Morgan fingerprint density at radius 1 is 1.42 bits per heavy atom. The molecule has 0 fully saturated rings. The van der Waals surface area contributed by atoms with Crippen molar-refractivity contribution in [2.45, 2.75) is 24.9 Å². The molecule has 0 atom stereocenters. The van der Waals surface area contributed by atoms with E-state index < -0.39 is 5.97 Å². The highest BCUT2D eigenvalue weighted by atomic mass is 32.2. The number of carboxylic acids is 1. The number of hydrogen-bond acceptors (Lipinski definition) is 7. The molecule has 0 bridgehead atoms. The van der Waals surface area contributed by atoms with Crippen molar-refractivity contribution >= 4 is 29.3 Å². The molecule has 0 unspecified atom stereocenters. The maximum absolute atomic E-state index is 10.6. The monoisotopic (exact) mass is 299 g/mol. The Labute approximate surface area is 118 Å². The zero-order valence-electron chi connectivity index (χ0n) is 10.5. The molecule has 0 aliphatic rings. The van der Waals surface area contributed by atoms with E-state index in [9.17, 15) is 4.79 Å². The Bertz CT molecular complexity index is 580. The van der Waals surface area contributed by atoms with Gasteiger partial charge in [-0.15, -0.1) is 15.3 Å². The van der Waals surface area contributed by atoms with Gasteiger partial charge in [-0.05, 0) is 18.0 Å². The molecule has 0 radical (unpaired) electrons. The van der Waals surface area contributed by atoms with Crippen molar-refractivity contribution < 1.29 is 9.90 Å². The van der Waals surface area contributed by atoms with Gasteiger partial charge in [0.1, 0.15) is 4.88 Å². The molecule has 2 aromatic heterocycles. The minimum Gasteiger partial charge on any atom is -0.481 e. The van der Waals surface area contributed by atoms with Gasteiger partial charge >= 0.3 is 5.97 Å². The van der Waals surface area contributed by atoms with Gasteiger partial charge in [-0.2, -0.15) is 0 Å². The lowest BCUT2D eigenvalue weighted by atomic mass is 10.2. The quantitative estimate of drug-likeness (QED) is 0.807. The summed E-state index contributed by atoms with van der Waals surface area (Å²) in [4.78, 5) is 11.5. The summed E-state index contributed by atoms with van der Waals surface area (Å²) in [5, 5.41) is 21.5. The second-order valence-electron chi connectivity index (χ2n) is 3.85. The molecule has 0 aliphatic carbocycles. The van der Waals surface area contributed by atoms with Crippen LogP contribution in [0.5, 0.6) is 0 Å². The average molecular weight is 299 g/mol. The lowest BCUT2D eigenvalue weighted by molar-refractivity contribution is -0.133. The number of rotatable bonds is 6. The van der Waals surface area contributed by atoms with Crippen LogP contribution < -0.4 is 0 Å². The third kappa shape index (κ3) is 3.10. The molecule has 102 valence electrons. The molecule has 1 N–H and O–H groups in total. The number of carbonyl (C=O) groups is 1. The Balaban J connectivity index is 2.25. The van der Waals surface area contributed by atoms with Gasteiger partial charge in [-0.25, -0.2) is 0 Å². The largest absolute Gasteiger partial charge is 0.481 e. The number of nitrogens with zero attached hydrogens (tertiary/aromatic N) is 5. The Morgan fingerprint density at radius 3 is 2.89 bits per heavy atom. The molecule has 0 aliphatic heterocycles. The maximum Gasteiger partial charge on any atom is 0.313 e. The maximum atomic E-state index is 10.6. The average Bonchev–Trinajstić information content (AvgIpc) is 2.94. The zero-order valence-corrected chi connectivity index (χ0v) is 12.2. The first-order chi connectivity index (χ1) is 9.13. The minimum atomic E-state index is -0.874. The first kappa shape index (κ1) is 13.9. The fraction of sp³-hybridized carbons (Fsp3) is 0.500. The fourth-order valence-electron chi connectivity index (χ4n) is 1.54. The second kappa shape index (κ2) is 6.11. The molecule has 2 rings (SSSR count). The van der Waals surface area contributed by atoms with Crippen molar-refractivity contribution in [3.05, 3.63) is 5.69 Å². The predicted molar refractivity (Wildman–Crippen MR) is 72.3 cm³/mol. The third-order valence-corrected chi connectivity index (χ3v) is 4.17. The van der Waals surface area contributed by atoms with Crippen molar-refractivity contribution in [3.8, 4) is 10.7 Å². The third-order valence-electron chi connectivity index (χ3n) is 2.41. The zero-order chi connectivity index (χ0) is 13.8. The number of thioether (sulfide) groups is 1. The highest BCUT2D eigenvalue weighted by Crippen LogP contribution is 2.27. The summed E-state index contributed by atoms with van der Waals surface area (Å²) in [5.41, 5.74) is 0.915.